The first kappa shape index (κ1) is 14.2. The third kappa shape index (κ3) is 3.89. The Morgan fingerprint density at radius 3 is 2.67 bits per heavy atom. The first-order valence-electron chi connectivity index (χ1n) is 5.18. The molecule has 0 aliphatic carbocycles. The summed E-state index contributed by atoms with van der Waals surface area (Å²) in [5.41, 5.74) is 0.841. The third-order valence-corrected chi connectivity index (χ3v) is 2.82. The van der Waals surface area contributed by atoms with Crippen molar-refractivity contribution in [2.24, 2.45) is 0 Å². The number of hydrogen-bond acceptors (Lipinski definition) is 5. The molecular weight excluding hydrogens is 256 g/mol. The van der Waals surface area contributed by atoms with Gasteiger partial charge in [0.2, 0.25) is 6.29 Å². The van der Waals surface area contributed by atoms with Crippen LogP contribution in [0.25, 0.3) is 0 Å². The van der Waals surface area contributed by atoms with E-state index in [1.54, 1.807) is 19.1 Å². The number of ether oxygens (including phenoxy) is 2. The summed E-state index contributed by atoms with van der Waals surface area (Å²) in [7, 11) is -2.77. The topological polar surface area (TPSA) is 69.7 Å². The van der Waals surface area contributed by atoms with Crippen molar-refractivity contribution in [2.75, 3.05) is 0 Å². The predicted molar refractivity (Wildman–Crippen MR) is 66.1 cm³/mol. The highest BCUT2D eigenvalue weighted by molar-refractivity contribution is 7.72. The van der Waals surface area contributed by atoms with Crippen molar-refractivity contribution in [1.82, 2.24) is 0 Å². The molecule has 0 N–H and O–H groups in total. The lowest BCUT2D eigenvalue weighted by Gasteiger charge is -2.15. The van der Waals surface area contributed by atoms with Crippen LogP contribution >= 0.6 is 0 Å². The van der Waals surface area contributed by atoms with Gasteiger partial charge < -0.3 is 9.47 Å². The van der Waals surface area contributed by atoms with Crippen LogP contribution in [0.5, 0.6) is 5.75 Å². The van der Waals surface area contributed by atoms with E-state index in [2.05, 4.69) is 6.58 Å². The van der Waals surface area contributed by atoms with E-state index in [0.29, 0.717) is 0 Å². The molecule has 0 saturated heterocycles. The maximum Gasteiger partial charge on any atom is 0.333 e. The van der Waals surface area contributed by atoms with Crippen molar-refractivity contribution in [3.8, 4) is 5.75 Å². The fraction of sp³-hybridized carbons (Fsp3) is 0.250. The van der Waals surface area contributed by atoms with Crippen LogP contribution in [0, 0.1) is 6.92 Å². The van der Waals surface area contributed by atoms with Gasteiger partial charge in [0.25, 0.3) is 0 Å². The number of aryl methyl sites for hydroxylation is 1. The van der Waals surface area contributed by atoms with E-state index in [-0.39, 0.29) is 10.6 Å². The molecule has 0 amide bonds. The van der Waals surface area contributed by atoms with Gasteiger partial charge in [-0.05, 0) is 24.6 Å². The van der Waals surface area contributed by atoms with Crippen molar-refractivity contribution in [3.05, 3.63) is 36.4 Å². The number of rotatable bonds is 5. The summed E-state index contributed by atoms with van der Waals surface area (Å²) in [6.07, 6.45) is 0.108. The monoisotopic (exact) mass is 270 g/mol. The van der Waals surface area contributed by atoms with Gasteiger partial charge in [0, 0.05) is 13.0 Å². The van der Waals surface area contributed by atoms with E-state index in [9.17, 15) is 13.2 Å². The van der Waals surface area contributed by atoms with E-state index < -0.39 is 23.0 Å². The van der Waals surface area contributed by atoms with Gasteiger partial charge in [0.05, 0.1) is 0 Å². The molecule has 0 heterocycles. The quantitative estimate of drug-likeness (QED) is 0.379. The van der Waals surface area contributed by atoms with E-state index >= 15 is 0 Å². The van der Waals surface area contributed by atoms with Crippen LogP contribution in [0.4, 0.5) is 0 Å². The summed E-state index contributed by atoms with van der Waals surface area (Å²) in [5, 5.41) is 0. The molecule has 1 atom stereocenters. The van der Waals surface area contributed by atoms with E-state index in [0.717, 1.165) is 11.6 Å². The predicted octanol–water partition coefficient (Wildman–Crippen LogP) is 1.42. The molecular formula is C12H14O5S. The lowest BCUT2D eigenvalue weighted by molar-refractivity contribution is -0.155. The summed E-state index contributed by atoms with van der Waals surface area (Å²) in [4.78, 5) is 11.0. The van der Waals surface area contributed by atoms with Crippen molar-refractivity contribution in [1.29, 1.82) is 0 Å². The Balaban J connectivity index is 2.92. The van der Waals surface area contributed by atoms with Crippen molar-refractivity contribution >= 4 is 16.7 Å². The Labute approximate surface area is 107 Å². The largest absolute Gasteiger partial charge is 0.454 e. The van der Waals surface area contributed by atoms with Crippen LogP contribution in [0.1, 0.15) is 12.5 Å². The highest BCUT2D eigenvalue weighted by atomic mass is 32.2. The van der Waals surface area contributed by atoms with Crippen molar-refractivity contribution < 1.29 is 22.7 Å². The molecule has 1 rings (SSSR count). The van der Waals surface area contributed by atoms with Gasteiger partial charge in [-0.2, -0.15) is 0 Å². The third-order valence-electron chi connectivity index (χ3n) is 2.05. The van der Waals surface area contributed by atoms with E-state index in [1.807, 2.05) is 0 Å². The molecule has 0 aliphatic rings. The molecule has 1 aromatic carbocycles. The average Bonchev–Trinajstić information content (AvgIpc) is 2.28. The molecule has 5 nitrogen and oxygen atoms in total. The SMILES string of the molecule is C=CC(=O)OC(C)Oc1cc(C)ccc1[SH](=O)=O. The minimum atomic E-state index is -2.77. The number of carbonyl (C=O) groups excluding carboxylic acids is 1. The van der Waals surface area contributed by atoms with Gasteiger partial charge >= 0.3 is 5.97 Å². The molecule has 0 aromatic heterocycles. The van der Waals surface area contributed by atoms with Gasteiger partial charge in [-0.3, -0.25) is 0 Å². The zero-order valence-electron chi connectivity index (χ0n) is 10.1. The second kappa shape index (κ2) is 6.20. The molecule has 18 heavy (non-hydrogen) atoms. The summed E-state index contributed by atoms with van der Waals surface area (Å²) in [6.45, 7) is 6.55. The van der Waals surface area contributed by atoms with Gasteiger partial charge in [0.1, 0.15) is 10.6 Å². The normalized spacial score (nSPS) is 11.9. The Morgan fingerprint density at radius 2 is 2.11 bits per heavy atom. The highest BCUT2D eigenvalue weighted by Crippen LogP contribution is 2.23. The minimum Gasteiger partial charge on any atom is -0.454 e. The maximum absolute atomic E-state index is 11.0. The highest BCUT2D eigenvalue weighted by Gasteiger charge is 2.12. The minimum absolute atomic E-state index is 0.0529. The standard InChI is InChI=1S/C12H14O5S/c1-4-12(13)17-9(3)16-10-7-8(2)5-6-11(10)18(14)15/h4-7,9,18H,1H2,2-3H3. The number of hydrogen-bond donors (Lipinski definition) is 1. The number of thiol groups is 1. The summed E-state index contributed by atoms with van der Waals surface area (Å²) < 4.78 is 32.1. The van der Waals surface area contributed by atoms with Crippen LogP contribution in [0.3, 0.4) is 0 Å². The molecule has 0 aliphatic heterocycles. The number of carbonyl (C=O) groups is 1. The summed E-state index contributed by atoms with van der Waals surface area (Å²) in [6, 6.07) is 4.67. The van der Waals surface area contributed by atoms with Gasteiger partial charge in [-0.25, -0.2) is 13.2 Å². The van der Waals surface area contributed by atoms with Crippen LogP contribution in [0.2, 0.25) is 0 Å². The van der Waals surface area contributed by atoms with E-state index in [1.165, 1.54) is 13.0 Å². The Bertz CT molecular complexity index is 525. The Morgan fingerprint density at radius 1 is 1.44 bits per heavy atom. The second-order valence-corrected chi connectivity index (χ2v) is 4.55. The summed E-state index contributed by atoms with van der Waals surface area (Å²) in [5.74, 6) is -0.473. The van der Waals surface area contributed by atoms with Crippen LogP contribution in [-0.2, 0) is 20.2 Å². The van der Waals surface area contributed by atoms with Gasteiger partial charge in [-0.1, -0.05) is 12.6 Å². The molecule has 0 radical (unpaired) electrons. The Hall–Kier alpha value is -1.82. The molecule has 98 valence electrons. The first-order valence-corrected chi connectivity index (χ1v) is 6.36. The van der Waals surface area contributed by atoms with Gasteiger partial charge in [0.15, 0.2) is 10.7 Å². The van der Waals surface area contributed by atoms with E-state index in [4.69, 9.17) is 9.47 Å². The second-order valence-electron chi connectivity index (χ2n) is 3.55. The molecule has 0 saturated carbocycles. The maximum atomic E-state index is 11.0. The average molecular weight is 270 g/mol. The molecule has 1 unspecified atom stereocenters. The van der Waals surface area contributed by atoms with Gasteiger partial charge in [-0.15, -0.1) is 0 Å². The molecule has 0 spiro atoms. The molecule has 1 aromatic rings. The van der Waals surface area contributed by atoms with Crippen molar-refractivity contribution in [3.63, 3.8) is 0 Å². The lowest BCUT2D eigenvalue weighted by atomic mass is 10.2. The van der Waals surface area contributed by atoms with Crippen molar-refractivity contribution in [2.45, 2.75) is 25.0 Å². The molecule has 6 heteroatoms. The lowest BCUT2D eigenvalue weighted by Crippen LogP contribution is -2.20. The molecule has 0 bridgehead atoms. The number of esters is 1. The zero-order valence-corrected chi connectivity index (χ0v) is 11.0. The fourth-order valence-corrected chi connectivity index (χ4v) is 1.77. The van der Waals surface area contributed by atoms with Crippen LogP contribution in [-0.4, -0.2) is 20.7 Å². The smallest absolute Gasteiger partial charge is 0.333 e. The van der Waals surface area contributed by atoms with Crippen LogP contribution in [0.15, 0.2) is 35.7 Å². The zero-order chi connectivity index (χ0) is 13.7. The van der Waals surface area contributed by atoms with Crippen LogP contribution < -0.4 is 4.74 Å². The Kier molecular flexibility index (Phi) is 4.91. The summed E-state index contributed by atoms with van der Waals surface area (Å²) >= 11 is 0. The first-order chi connectivity index (χ1) is 8.43. The molecule has 0 fully saturated rings. The number of benzene rings is 1. The fourth-order valence-electron chi connectivity index (χ4n) is 1.28.